The van der Waals surface area contributed by atoms with E-state index >= 15 is 0 Å². The largest absolute Gasteiger partial charge is 0.495 e. The number of carboxylic acids is 1. The lowest BCUT2D eigenvalue weighted by Crippen LogP contribution is -2.47. The van der Waals surface area contributed by atoms with Crippen LogP contribution in [0.5, 0.6) is 5.75 Å². The zero-order chi connectivity index (χ0) is 19.7. The fourth-order valence-electron chi connectivity index (χ4n) is 3.85. The minimum atomic E-state index is -0.881. The highest BCUT2D eigenvalue weighted by Crippen LogP contribution is 2.36. The molecule has 1 saturated heterocycles. The molecule has 1 amide bonds. The van der Waals surface area contributed by atoms with Crippen LogP contribution in [0.3, 0.4) is 0 Å². The molecule has 2 N–H and O–H groups in total. The van der Waals surface area contributed by atoms with Gasteiger partial charge in [0.25, 0.3) is 0 Å². The molecule has 2 heterocycles. The van der Waals surface area contributed by atoms with Crippen LogP contribution in [0.15, 0.2) is 40.8 Å². The van der Waals surface area contributed by atoms with Crippen molar-refractivity contribution >= 4 is 39.5 Å². The molecule has 1 unspecified atom stereocenters. The summed E-state index contributed by atoms with van der Waals surface area (Å²) in [5, 5.41) is 14.1. The van der Waals surface area contributed by atoms with Gasteiger partial charge in [-0.25, -0.2) is 0 Å². The number of amides is 1. The second kappa shape index (κ2) is 7.52. The number of nitrogens with zero attached hydrogens (tertiary/aromatic N) is 1. The molecule has 1 aromatic heterocycles. The predicted octanol–water partition coefficient (Wildman–Crippen LogP) is 3.47. The number of carbonyl (C=O) groups is 2. The van der Waals surface area contributed by atoms with Crippen LogP contribution in [0, 0.1) is 0 Å². The molecule has 1 aliphatic rings. The van der Waals surface area contributed by atoms with E-state index in [-0.39, 0.29) is 12.5 Å². The summed E-state index contributed by atoms with van der Waals surface area (Å²) in [7, 11) is 1.55. The van der Waals surface area contributed by atoms with Crippen molar-refractivity contribution in [1.29, 1.82) is 0 Å². The summed E-state index contributed by atoms with van der Waals surface area (Å²) in [6, 6.07) is 10.7. The van der Waals surface area contributed by atoms with E-state index in [1.165, 1.54) is 0 Å². The Hall–Kier alpha value is -3.06. The first-order chi connectivity index (χ1) is 13.6. The maximum Gasteiger partial charge on any atom is 0.320 e. The van der Waals surface area contributed by atoms with Gasteiger partial charge in [0, 0.05) is 16.8 Å². The first-order valence-electron chi connectivity index (χ1n) is 9.33. The Kier molecular flexibility index (Phi) is 4.92. The first kappa shape index (κ1) is 18.3. The molecule has 2 aromatic carbocycles. The Morgan fingerprint density at radius 1 is 1.21 bits per heavy atom. The van der Waals surface area contributed by atoms with Gasteiger partial charge in [-0.3, -0.25) is 14.5 Å². The second-order valence-electron chi connectivity index (χ2n) is 7.02. The van der Waals surface area contributed by atoms with E-state index < -0.39 is 12.0 Å². The van der Waals surface area contributed by atoms with Crippen LogP contribution in [-0.4, -0.2) is 48.1 Å². The maximum absolute atomic E-state index is 12.6. The summed E-state index contributed by atoms with van der Waals surface area (Å²) in [5.41, 5.74) is 1.92. The van der Waals surface area contributed by atoms with E-state index in [2.05, 4.69) is 5.32 Å². The van der Waals surface area contributed by atoms with Gasteiger partial charge in [0.1, 0.15) is 23.0 Å². The number of para-hydroxylation sites is 1. The van der Waals surface area contributed by atoms with Crippen molar-refractivity contribution in [3.05, 3.63) is 36.4 Å². The maximum atomic E-state index is 12.6. The van der Waals surface area contributed by atoms with Crippen molar-refractivity contribution in [1.82, 2.24) is 4.90 Å². The van der Waals surface area contributed by atoms with Gasteiger partial charge < -0.3 is 19.6 Å². The van der Waals surface area contributed by atoms with Gasteiger partial charge in [0.2, 0.25) is 5.91 Å². The Morgan fingerprint density at radius 2 is 2.04 bits per heavy atom. The van der Waals surface area contributed by atoms with E-state index in [1.54, 1.807) is 18.1 Å². The van der Waals surface area contributed by atoms with E-state index in [1.807, 2.05) is 30.3 Å². The van der Waals surface area contributed by atoms with Crippen LogP contribution < -0.4 is 10.1 Å². The second-order valence-corrected chi connectivity index (χ2v) is 7.02. The zero-order valence-electron chi connectivity index (χ0n) is 15.6. The molecule has 28 heavy (non-hydrogen) atoms. The lowest BCUT2D eigenvalue weighted by atomic mass is 10.0. The van der Waals surface area contributed by atoms with Gasteiger partial charge in [-0.05, 0) is 31.5 Å². The number of piperidine rings is 1. The number of carbonyl (C=O) groups excluding carboxylic acids is 1. The Morgan fingerprint density at radius 3 is 2.82 bits per heavy atom. The van der Waals surface area contributed by atoms with Crippen molar-refractivity contribution in [2.75, 3.05) is 25.5 Å². The average molecular weight is 382 g/mol. The fourth-order valence-corrected chi connectivity index (χ4v) is 3.85. The quantitative estimate of drug-likeness (QED) is 0.702. The number of hydrogen-bond donors (Lipinski definition) is 2. The molecule has 0 spiro atoms. The number of nitrogens with one attached hydrogen (secondary N) is 1. The third-order valence-corrected chi connectivity index (χ3v) is 5.22. The number of ether oxygens (including phenoxy) is 1. The number of furan rings is 1. The Bertz CT molecular complexity index is 1040. The molecule has 146 valence electrons. The summed E-state index contributed by atoms with van der Waals surface area (Å²) >= 11 is 0. The molecule has 0 aliphatic carbocycles. The topological polar surface area (TPSA) is 92.0 Å². The summed E-state index contributed by atoms with van der Waals surface area (Å²) in [6.45, 7) is 0.627. The molecule has 7 heteroatoms. The number of fused-ring (bicyclic) bond motifs is 3. The summed E-state index contributed by atoms with van der Waals surface area (Å²) < 4.78 is 11.3. The minimum Gasteiger partial charge on any atom is -0.495 e. The average Bonchev–Trinajstić information content (AvgIpc) is 3.04. The molecule has 0 bridgehead atoms. The summed E-state index contributed by atoms with van der Waals surface area (Å²) in [5.74, 6) is -0.628. The molecule has 0 saturated carbocycles. The number of likely N-dealkylation sites (tertiary alicyclic amines) is 1. The highest BCUT2D eigenvalue weighted by atomic mass is 16.5. The third kappa shape index (κ3) is 3.41. The van der Waals surface area contributed by atoms with Gasteiger partial charge in [-0.15, -0.1) is 0 Å². The van der Waals surface area contributed by atoms with E-state index in [0.29, 0.717) is 30.0 Å². The monoisotopic (exact) mass is 382 g/mol. The van der Waals surface area contributed by atoms with Gasteiger partial charge in [0.05, 0.1) is 19.3 Å². The molecule has 7 nitrogen and oxygen atoms in total. The number of rotatable bonds is 5. The summed E-state index contributed by atoms with van der Waals surface area (Å²) in [4.78, 5) is 25.7. The van der Waals surface area contributed by atoms with E-state index in [9.17, 15) is 14.7 Å². The van der Waals surface area contributed by atoms with Crippen LogP contribution in [-0.2, 0) is 9.59 Å². The highest BCUT2D eigenvalue weighted by molar-refractivity contribution is 6.07. The molecular weight excluding hydrogens is 360 g/mol. The van der Waals surface area contributed by atoms with Gasteiger partial charge >= 0.3 is 5.97 Å². The number of methoxy groups -OCH3 is 1. The smallest absolute Gasteiger partial charge is 0.320 e. The SMILES string of the molecule is COc1cc2c(cc1NC(=O)CN1CCCCC1C(=O)O)oc1ccccc12. The van der Waals surface area contributed by atoms with Crippen LogP contribution in [0.2, 0.25) is 0 Å². The molecule has 3 aromatic rings. The normalized spacial score (nSPS) is 17.7. The number of anilines is 1. The van der Waals surface area contributed by atoms with E-state index in [0.717, 1.165) is 29.2 Å². The molecule has 1 aliphatic heterocycles. The molecule has 0 radical (unpaired) electrons. The molecule has 1 atom stereocenters. The summed E-state index contributed by atoms with van der Waals surface area (Å²) in [6.07, 6.45) is 2.33. The van der Waals surface area contributed by atoms with Crippen molar-refractivity contribution in [2.24, 2.45) is 0 Å². The lowest BCUT2D eigenvalue weighted by molar-refractivity contribution is -0.145. The Balaban J connectivity index is 1.58. The molecule has 4 rings (SSSR count). The number of aliphatic carboxylic acids is 1. The number of hydrogen-bond acceptors (Lipinski definition) is 5. The minimum absolute atomic E-state index is 0.0261. The van der Waals surface area contributed by atoms with E-state index in [4.69, 9.17) is 9.15 Å². The number of carboxylic acid groups (broad SMARTS) is 1. The van der Waals surface area contributed by atoms with Crippen molar-refractivity contribution in [2.45, 2.75) is 25.3 Å². The lowest BCUT2D eigenvalue weighted by Gasteiger charge is -2.32. The van der Waals surface area contributed by atoms with Crippen LogP contribution in [0.1, 0.15) is 19.3 Å². The van der Waals surface area contributed by atoms with Crippen molar-refractivity contribution in [3.8, 4) is 5.75 Å². The predicted molar refractivity (Wildman–Crippen MR) is 106 cm³/mol. The third-order valence-electron chi connectivity index (χ3n) is 5.22. The van der Waals surface area contributed by atoms with Crippen molar-refractivity contribution < 1.29 is 23.8 Å². The van der Waals surface area contributed by atoms with Crippen molar-refractivity contribution in [3.63, 3.8) is 0 Å². The van der Waals surface area contributed by atoms with Crippen LogP contribution >= 0.6 is 0 Å². The van der Waals surface area contributed by atoms with Crippen LogP contribution in [0.25, 0.3) is 21.9 Å². The van der Waals surface area contributed by atoms with Crippen LogP contribution in [0.4, 0.5) is 5.69 Å². The Labute approximate surface area is 161 Å². The van der Waals surface area contributed by atoms with Gasteiger partial charge in [-0.2, -0.15) is 0 Å². The first-order valence-corrected chi connectivity index (χ1v) is 9.33. The van der Waals surface area contributed by atoms with Gasteiger partial charge in [-0.1, -0.05) is 24.6 Å². The molecular formula is C21H22N2O5. The highest BCUT2D eigenvalue weighted by Gasteiger charge is 2.29. The zero-order valence-corrected chi connectivity index (χ0v) is 15.6. The van der Waals surface area contributed by atoms with Gasteiger partial charge in [0.15, 0.2) is 0 Å². The standard InChI is InChI=1S/C21H22N2O5/c1-27-19-10-14-13-6-2-3-8-17(13)28-18(14)11-15(19)22-20(24)12-23-9-5-4-7-16(23)21(25)26/h2-3,6,8,10-11,16H,4-5,7,9,12H2,1H3,(H,22,24)(H,25,26). The molecule has 1 fully saturated rings. The fraction of sp³-hybridized carbons (Fsp3) is 0.333. The number of benzene rings is 2.